The number of aromatic nitrogens is 2. The van der Waals surface area contributed by atoms with Crippen LogP contribution in [0.3, 0.4) is 0 Å². The van der Waals surface area contributed by atoms with Crippen molar-refractivity contribution >= 4 is 22.8 Å². The maximum absolute atomic E-state index is 9.09. The molecule has 1 aromatic carbocycles. The molecule has 1 unspecified atom stereocenters. The number of aliphatic hydroxyl groups is 1. The molecule has 0 fully saturated rings. The molecule has 0 aliphatic carbocycles. The Hall–Kier alpha value is -1.24. The van der Waals surface area contributed by atoms with E-state index in [1.54, 1.807) is 18.9 Å². The van der Waals surface area contributed by atoms with E-state index in [4.69, 9.17) is 15.6 Å². The molecule has 1 heterocycles. The number of nitrogens with zero attached hydrogens (tertiary/aromatic N) is 1. The van der Waals surface area contributed by atoms with Gasteiger partial charge in [-0.2, -0.15) is 0 Å². The van der Waals surface area contributed by atoms with Crippen LogP contribution >= 0.6 is 11.8 Å². The van der Waals surface area contributed by atoms with E-state index >= 15 is 0 Å². The van der Waals surface area contributed by atoms with Crippen molar-refractivity contribution in [2.45, 2.75) is 24.0 Å². The maximum atomic E-state index is 9.09. The number of hydrogen-bond donors (Lipinski definition) is 3. The summed E-state index contributed by atoms with van der Waals surface area (Å²) in [6, 6.07) is 5.74. The summed E-state index contributed by atoms with van der Waals surface area (Å²) in [6.45, 7) is 1.84. The van der Waals surface area contributed by atoms with Crippen LogP contribution in [0, 0.1) is 0 Å². The van der Waals surface area contributed by atoms with Gasteiger partial charge in [0, 0.05) is 17.4 Å². The molecule has 0 saturated carbocycles. The molecule has 0 aliphatic rings. The molecule has 104 valence electrons. The summed E-state index contributed by atoms with van der Waals surface area (Å²) in [7, 11) is 1.64. The van der Waals surface area contributed by atoms with Gasteiger partial charge in [0.15, 0.2) is 5.16 Å². The van der Waals surface area contributed by atoms with Crippen LogP contribution in [0.5, 0.6) is 5.75 Å². The van der Waals surface area contributed by atoms with Gasteiger partial charge in [0.25, 0.3) is 0 Å². The summed E-state index contributed by atoms with van der Waals surface area (Å²) < 4.78 is 5.17. The lowest BCUT2D eigenvalue weighted by Gasteiger charge is -2.20. The molecule has 1 aromatic heterocycles. The first-order valence-corrected chi connectivity index (χ1v) is 7.09. The zero-order chi connectivity index (χ0) is 13.9. The number of fused-ring (bicyclic) bond motifs is 1. The second kappa shape index (κ2) is 5.81. The van der Waals surface area contributed by atoms with E-state index in [9.17, 15) is 0 Å². The first-order valence-electron chi connectivity index (χ1n) is 6.10. The van der Waals surface area contributed by atoms with Gasteiger partial charge in [-0.1, -0.05) is 11.8 Å². The number of nitrogens with two attached hydrogens (primary N) is 1. The fourth-order valence-electron chi connectivity index (χ4n) is 1.62. The van der Waals surface area contributed by atoms with Gasteiger partial charge < -0.3 is 20.6 Å². The summed E-state index contributed by atoms with van der Waals surface area (Å²) in [5, 5.41) is 9.95. The Morgan fingerprint density at radius 2 is 2.32 bits per heavy atom. The zero-order valence-electron chi connectivity index (χ0n) is 11.1. The van der Waals surface area contributed by atoms with Crippen LogP contribution in [0.15, 0.2) is 23.4 Å². The minimum Gasteiger partial charge on any atom is -0.497 e. The summed E-state index contributed by atoms with van der Waals surface area (Å²) in [5.74, 6) is 1.62. The minimum absolute atomic E-state index is 0.00904. The molecule has 1 atom stereocenters. The van der Waals surface area contributed by atoms with E-state index in [-0.39, 0.29) is 6.61 Å². The maximum Gasteiger partial charge on any atom is 0.166 e. The number of nitrogens with one attached hydrogen (secondary N) is 1. The van der Waals surface area contributed by atoms with E-state index in [2.05, 4.69) is 9.97 Å². The Labute approximate surface area is 116 Å². The molecule has 0 amide bonds. The highest BCUT2D eigenvalue weighted by atomic mass is 32.2. The van der Waals surface area contributed by atoms with E-state index < -0.39 is 5.54 Å². The van der Waals surface area contributed by atoms with Crippen LogP contribution in [0.2, 0.25) is 0 Å². The van der Waals surface area contributed by atoms with Gasteiger partial charge in [-0.05, 0) is 25.5 Å². The lowest BCUT2D eigenvalue weighted by atomic mass is 10.0. The monoisotopic (exact) mass is 281 g/mol. The number of methoxy groups -OCH3 is 1. The van der Waals surface area contributed by atoms with Crippen molar-refractivity contribution in [1.82, 2.24) is 9.97 Å². The molecule has 0 spiro atoms. The Kier molecular flexibility index (Phi) is 4.34. The Balaban J connectivity index is 2.01. The molecule has 6 heteroatoms. The van der Waals surface area contributed by atoms with Crippen LogP contribution in [0.25, 0.3) is 11.0 Å². The molecule has 5 nitrogen and oxygen atoms in total. The second-order valence-corrected chi connectivity index (χ2v) is 5.92. The highest BCUT2D eigenvalue weighted by Crippen LogP contribution is 2.24. The lowest BCUT2D eigenvalue weighted by Crippen LogP contribution is -2.40. The largest absolute Gasteiger partial charge is 0.497 e. The summed E-state index contributed by atoms with van der Waals surface area (Å²) in [5.41, 5.74) is 7.23. The fourth-order valence-corrected chi connectivity index (χ4v) is 2.73. The molecular weight excluding hydrogens is 262 g/mol. The number of imidazole rings is 1. The van der Waals surface area contributed by atoms with Crippen molar-refractivity contribution in [3.8, 4) is 5.75 Å². The quantitative estimate of drug-likeness (QED) is 0.703. The number of thioether (sulfide) groups is 1. The molecule has 4 N–H and O–H groups in total. The molecule has 2 rings (SSSR count). The van der Waals surface area contributed by atoms with Gasteiger partial charge >= 0.3 is 0 Å². The van der Waals surface area contributed by atoms with Gasteiger partial charge in [-0.3, -0.25) is 0 Å². The third-order valence-electron chi connectivity index (χ3n) is 2.94. The average Bonchev–Trinajstić information content (AvgIpc) is 2.79. The first kappa shape index (κ1) is 14.2. The van der Waals surface area contributed by atoms with E-state index in [0.29, 0.717) is 0 Å². The number of rotatable bonds is 6. The number of aliphatic hydroxyl groups excluding tert-OH is 1. The van der Waals surface area contributed by atoms with Crippen LogP contribution in [-0.2, 0) is 0 Å². The van der Waals surface area contributed by atoms with Crippen molar-refractivity contribution in [2.24, 2.45) is 5.73 Å². The standard InChI is InChI=1S/C13H19N3O2S/c1-13(14,8-17)5-6-19-12-15-10-4-3-9(18-2)7-11(10)16-12/h3-4,7,17H,5-6,8,14H2,1-2H3,(H,15,16). The van der Waals surface area contributed by atoms with Crippen molar-refractivity contribution in [1.29, 1.82) is 0 Å². The van der Waals surface area contributed by atoms with Crippen LogP contribution in [-0.4, -0.2) is 40.1 Å². The molecule has 0 bridgehead atoms. The third kappa shape index (κ3) is 3.62. The van der Waals surface area contributed by atoms with Gasteiger partial charge in [-0.15, -0.1) is 0 Å². The second-order valence-electron chi connectivity index (χ2n) is 4.84. The number of ether oxygens (including phenoxy) is 1. The minimum atomic E-state index is -0.526. The van der Waals surface area contributed by atoms with Gasteiger partial charge in [0.05, 0.1) is 24.8 Å². The molecule has 0 saturated heterocycles. The Bertz CT molecular complexity index is 554. The smallest absolute Gasteiger partial charge is 0.166 e. The van der Waals surface area contributed by atoms with E-state index in [0.717, 1.165) is 34.1 Å². The highest BCUT2D eigenvalue weighted by molar-refractivity contribution is 7.99. The zero-order valence-corrected chi connectivity index (χ0v) is 12.0. The average molecular weight is 281 g/mol. The molecule has 2 aromatic rings. The van der Waals surface area contributed by atoms with Crippen LogP contribution in [0.1, 0.15) is 13.3 Å². The SMILES string of the molecule is COc1ccc2nc(SCCC(C)(N)CO)[nH]c2c1. The number of H-pyrrole nitrogens is 1. The third-order valence-corrected chi connectivity index (χ3v) is 3.82. The van der Waals surface area contributed by atoms with Gasteiger partial charge in [-0.25, -0.2) is 4.98 Å². The van der Waals surface area contributed by atoms with Crippen molar-refractivity contribution < 1.29 is 9.84 Å². The van der Waals surface area contributed by atoms with Gasteiger partial charge in [0.2, 0.25) is 0 Å². The molecular formula is C13H19N3O2S. The summed E-state index contributed by atoms with van der Waals surface area (Å²) >= 11 is 1.60. The normalized spacial score (nSPS) is 14.5. The van der Waals surface area contributed by atoms with Crippen molar-refractivity contribution in [3.63, 3.8) is 0 Å². The number of benzene rings is 1. The number of hydrogen-bond acceptors (Lipinski definition) is 5. The van der Waals surface area contributed by atoms with Gasteiger partial charge in [0.1, 0.15) is 5.75 Å². The highest BCUT2D eigenvalue weighted by Gasteiger charge is 2.16. The predicted molar refractivity (Wildman–Crippen MR) is 77.7 cm³/mol. The van der Waals surface area contributed by atoms with Crippen molar-refractivity contribution in [2.75, 3.05) is 19.5 Å². The molecule has 19 heavy (non-hydrogen) atoms. The van der Waals surface area contributed by atoms with E-state index in [1.807, 2.05) is 25.1 Å². The fraction of sp³-hybridized carbons (Fsp3) is 0.462. The summed E-state index contributed by atoms with van der Waals surface area (Å²) in [6.07, 6.45) is 0.731. The van der Waals surface area contributed by atoms with Crippen LogP contribution in [0.4, 0.5) is 0 Å². The predicted octanol–water partition coefficient (Wildman–Crippen LogP) is 1.76. The lowest BCUT2D eigenvalue weighted by molar-refractivity contribution is 0.206. The molecule has 0 aliphatic heterocycles. The van der Waals surface area contributed by atoms with E-state index in [1.165, 1.54) is 0 Å². The first-order chi connectivity index (χ1) is 9.04. The summed E-state index contributed by atoms with van der Waals surface area (Å²) in [4.78, 5) is 7.73. The Morgan fingerprint density at radius 1 is 1.53 bits per heavy atom. The number of aromatic amines is 1. The van der Waals surface area contributed by atoms with Crippen LogP contribution < -0.4 is 10.5 Å². The topological polar surface area (TPSA) is 84.2 Å². The van der Waals surface area contributed by atoms with Crippen molar-refractivity contribution in [3.05, 3.63) is 18.2 Å². The Morgan fingerprint density at radius 3 is 3.00 bits per heavy atom. The molecule has 0 radical (unpaired) electrons.